The molecule has 0 radical (unpaired) electrons. The Hall–Kier alpha value is 0.269. The van der Waals surface area contributed by atoms with Gasteiger partial charge >= 0.3 is 17.4 Å². The third kappa shape index (κ3) is 12.3. The van der Waals surface area contributed by atoms with Crippen molar-refractivity contribution in [1.29, 1.82) is 0 Å². The van der Waals surface area contributed by atoms with Crippen molar-refractivity contribution in [1.82, 2.24) is 0 Å². The van der Waals surface area contributed by atoms with E-state index < -0.39 is 8.32 Å². The minimum Gasteiger partial charge on any atom is -0.691 e. The van der Waals surface area contributed by atoms with Crippen molar-refractivity contribution in [3.8, 4) is 5.92 Å². The predicted molar refractivity (Wildman–Crippen MR) is 78.1 cm³/mol. The van der Waals surface area contributed by atoms with Crippen molar-refractivity contribution in [3.63, 3.8) is 0 Å². The molecule has 0 saturated carbocycles. The topological polar surface area (TPSA) is 9.23 Å². The monoisotopic (exact) mass is 254 g/mol. The average Bonchev–Trinajstić information content (AvgIpc) is 2.19. The van der Waals surface area contributed by atoms with Gasteiger partial charge in [-0.25, -0.2) is 0 Å². The average molecular weight is 254 g/mol. The molecule has 1 nitrogen and oxygen atoms in total. The van der Waals surface area contributed by atoms with Gasteiger partial charge in [0.15, 0.2) is 8.32 Å². The van der Waals surface area contributed by atoms with Crippen LogP contribution in [0, 0.1) is 26.2 Å². The van der Waals surface area contributed by atoms with E-state index in [1.54, 1.807) is 13.8 Å². The number of hydrogen-bond donors (Lipinski definition) is 0. The summed E-state index contributed by atoms with van der Waals surface area (Å²) in [6.45, 7) is 21.2. The first kappa shape index (κ1) is 25.2. The predicted octanol–water partition coefficient (Wildman–Crippen LogP) is 3.90. The fraction of sp³-hybridized carbons (Fsp3) is 0.692. The van der Waals surface area contributed by atoms with Gasteiger partial charge in [0.1, 0.15) is 0 Å². The molecule has 0 amide bonds. The second-order valence-electron chi connectivity index (χ2n) is 4.23. The molecular weight excluding hydrogens is 227 g/mol. The molecule has 0 rings (SSSR count). The molecule has 0 saturated heterocycles. The molecule has 0 spiro atoms. The van der Waals surface area contributed by atoms with Gasteiger partial charge in [0.25, 0.3) is 0 Å². The maximum absolute atomic E-state index is 6.73. The summed E-state index contributed by atoms with van der Waals surface area (Å²) in [6, 6.07) is 0. The summed E-state index contributed by atoms with van der Waals surface area (Å²) in [4.78, 5) is 0. The molecule has 0 aliphatic rings. The van der Waals surface area contributed by atoms with Crippen LogP contribution in [0.4, 0.5) is 0 Å². The summed E-state index contributed by atoms with van der Waals surface area (Å²) >= 11 is 0. The third-order valence-electron chi connectivity index (χ3n) is 2.31. The molecule has 0 aromatic carbocycles. The fourth-order valence-electron chi connectivity index (χ4n) is 0.433. The molecule has 3 heteroatoms. The molecular formula is C13H27AlOSi. The Morgan fingerprint density at radius 1 is 1.12 bits per heavy atom. The van der Waals surface area contributed by atoms with Gasteiger partial charge in [0.2, 0.25) is 0 Å². The zero-order chi connectivity index (χ0) is 13.1. The van der Waals surface area contributed by atoms with E-state index in [9.17, 15) is 0 Å². The summed E-state index contributed by atoms with van der Waals surface area (Å²) in [5, 5.41) is 0.240. The zero-order valence-electron chi connectivity index (χ0n) is 12.1. The third-order valence-corrected chi connectivity index (χ3v) is 6.79. The molecule has 0 aliphatic carbocycles. The van der Waals surface area contributed by atoms with Crippen LogP contribution in [0.3, 0.4) is 0 Å². The van der Waals surface area contributed by atoms with E-state index in [1.807, 2.05) is 0 Å². The number of rotatable bonds is 2. The number of hydrogen-bond acceptors (Lipinski definition) is 1. The van der Waals surface area contributed by atoms with Crippen molar-refractivity contribution in [3.05, 3.63) is 20.3 Å². The van der Waals surface area contributed by atoms with E-state index in [-0.39, 0.29) is 22.4 Å². The molecule has 0 atom stereocenters. The Balaban J connectivity index is -0.000000129. The van der Waals surface area contributed by atoms with Gasteiger partial charge in [-0.2, -0.15) is 13.8 Å². The Kier molecular flexibility index (Phi) is 21.0. The summed E-state index contributed by atoms with van der Waals surface area (Å²) in [5.41, 5.74) is 0. The van der Waals surface area contributed by atoms with Gasteiger partial charge in [-0.3, -0.25) is 0 Å². The van der Waals surface area contributed by atoms with Gasteiger partial charge in [-0.05, 0) is 18.1 Å². The Morgan fingerprint density at radius 3 is 1.62 bits per heavy atom. The molecule has 0 aromatic heterocycles. The molecule has 0 fully saturated rings. The minimum atomic E-state index is -1.61. The largest absolute Gasteiger partial charge is 3.00 e. The van der Waals surface area contributed by atoms with Crippen LogP contribution in [-0.4, -0.2) is 32.3 Å². The van der Waals surface area contributed by atoms with Crippen molar-refractivity contribution >= 4 is 25.7 Å². The second kappa shape index (κ2) is 13.3. The van der Waals surface area contributed by atoms with Crippen LogP contribution in [0.15, 0.2) is 0 Å². The quantitative estimate of drug-likeness (QED) is 0.412. The van der Waals surface area contributed by atoms with Crippen molar-refractivity contribution in [2.45, 2.75) is 52.8 Å². The van der Waals surface area contributed by atoms with Crippen molar-refractivity contribution < 1.29 is 4.43 Å². The SMILES string of the molecule is [Al+3].[C-]#CCO[Si](C)(C)C(C)(C)C.[CH2-]C.[CH2-]C. The molecule has 0 aromatic rings. The molecule has 0 heterocycles. The zero-order valence-corrected chi connectivity index (χ0v) is 14.3. The minimum absolute atomic E-state index is 0. The summed E-state index contributed by atoms with van der Waals surface area (Å²) < 4.78 is 5.58. The van der Waals surface area contributed by atoms with E-state index in [4.69, 9.17) is 10.8 Å². The van der Waals surface area contributed by atoms with Crippen molar-refractivity contribution in [2.75, 3.05) is 6.61 Å². The first-order valence-corrected chi connectivity index (χ1v) is 8.17. The van der Waals surface area contributed by atoms with Gasteiger partial charge < -0.3 is 30.6 Å². The first-order chi connectivity index (χ1) is 6.81. The van der Waals surface area contributed by atoms with E-state index in [2.05, 4.69) is 53.6 Å². The van der Waals surface area contributed by atoms with Crippen LogP contribution < -0.4 is 0 Å². The first-order valence-electron chi connectivity index (χ1n) is 5.26. The maximum atomic E-state index is 6.73. The van der Waals surface area contributed by atoms with Gasteiger partial charge in [-0.15, -0.1) is 0 Å². The molecule has 0 N–H and O–H groups in total. The van der Waals surface area contributed by atoms with Crippen LogP contribution in [0.5, 0.6) is 0 Å². The van der Waals surface area contributed by atoms with Gasteiger partial charge in [0.05, 0.1) is 6.61 Å². The smallest absolute Gasteiger partial charge is 0.691 e. The van der Waals surface area contributed by atoms with E-state index in [1.165, 1.54) is 0 Å². The summed E-state index contributed by atoms with van der Waals surface area (Å²) in [7, 11) is -1.61. The van der Waals surface area contributed by atoms with Gasteiger partial charge in [0, 0.05) is 0 Å². The summed E-state index contributed by atoms with van der Waals surface area (Å²) in [6.07, 6.45) is 6.73. The van der Waals surface area contributed by atoms with E-state index in [0.29, 0.717) is 6.61 Å². The van der Waals surface area contributed by atoms with Gasteiger partial charge in [-0.1, -0.05) is 20.8 Å². The van der Waals surface area contributed by atoms with E-state index >= 15 is 0 Å². The molecule has 92 valence electrons. The molecule has 0 unspecified atom stereocenters. The normalized spacial score (nSPS) is 9.50. The molecule has 0 bridgehead atoms. The van der Waals surface area contributed by atoms with Crippen LogP contribution in [0.25, 0.3) is 0 Å². The van der Waals surface area contributed by atoms with Crippen LogP contribution in [0.1, 0.15) is 34.6 Å². The Bertz CT molecular complexity index is 166. The van der Waals surface area contributed by atoms with Crippen molar-refractivity contribution in [2.24, 2.45) is 0 Å². The molecule has 0 aliphatic heterocycles. The fourth-order valence-corrected chi connectivity index (χ4v) is 1.30. The van der Waals surface area contributed by atoms with E-state index in [0.717, 1.165) is 0 Å². The molecule has 16 heavy (non-hydrogen) atoms. The second-order valence-corrected chi connectivity index (χ2v) is 9.04. The van der Waals surface area contributed by atoms with Crippen LogP contribution in [-0.2, 0) is 4.43 Å². The Labute approximate surface area is 116 Å². The standard InChI is InChI=1S/C9H17OSi.2C2H5.Al/c1-7-8-10-11(5,6)9(2,3)4;2*1-2;/h8H2,2-6H3;2*1H2,2H3;/q3*-1;+3. The maximum Gasteiger partial charge on any atom is 3.00 e. The van der Waals surface area contributed by atoms with Crippen LogP contribution in [0.2, 0.25) is 18.1 Å². The van der Waals surface area contributed by atoms with Crippen LogP contribution >= 0.6 is 0 Å². The summed E-state index contributed by atoms with van der Waals surface area (Å²) in [5.74, 6) is 2.26. The Morgan fingerprint density at radius 2 is 1.44 bits per heavy atom.